The summed E-state index contributed by atoms with van der Waals surface area (Å²) in [5.74, 6) is -0.887. The molecular formula is C16H21BO11P2-4. The fourth-order valence-electron chi connectivity index (χ4n) is 2.68. The van der Waals surface area contributed by atoms with E-state index in [1.54, 1.807) is 25.1 Å². The van der Waals surface area contributed by atoms with Crippen molar-refractivity contribution in [1.29, 1.82) is 0 Å². The minimum absolute atomic E-state index is 0.173. The smallest absolute Gasteiger partial charge is 0.338 e. The molecule has 0 bridgehead atoms. The molecule has 1 aromatic rings. The van der Waals surface area contributed by atoms with Crippen LogP contribution in [0.5, 0.6) is 0 Å². The lowest BCUT2D eigenvalue weighted by atomic mass is 9.92. The van der Waals surface area contributed by atoms with Crippen molar-refractivity contribution < 1.29 is 52.0 Å². The maximum Gasteiger partial charge on any atom is 0.338 e. The van der Waals surface area contributed by atoms with Gasteiger partial charge >= 0.3 is 5.97 Å². The third-order valence-electron chi connectivity index (χ3n) is 3.85. The first kappa shape index (κ1) is 27.0. The van der Waals surface area contributed by atoms with Gasteiger partial charge in [0.2, 0.25) is 0 Å². The second-order valence-corrected chi connectivity index (χ2v) is 8.04. The van der Waals surface area contributed by atoms with Crippen molar-refractivity contribution in [3.8, 4) is 0 Å². The number of phosphoric acid groups is 2. The van der Waals surface area contributed by atoms with Crippen molar-refractivity contribution in [2.75, 3.05) is 6.61 Å². The molecule has 2 radical (unpaired) electrons. The number of carbonyl (C=O) groups is 1. The van der Waals surface area contributed by atoms with Gasteiger partial charge in [0.1, 0.15) is 26.2 Å². The van der Waals surface area contributed by atoms with Crippen molar-refractivity contribution in [1.82, 2.24) is 0 Å². The lowest BCUT2D eigenvalue weighted by molar-refractivity contribution is -0.347. The maximum atomic E-state index is 12.5. The molecule has 0 amide bonds. The highest BCUT2D eigenvalue weighted by atomic mass is 31.2. The zero-order valence-corrected chi connectivity index (χ0v) is 18.3. The summed E-state index contributed by atoms with van der Waals surface area (Å²) in [7, 11) is -5.39. The summed E-state index contributed by atoms with van der Waals surface area (Å²) in [4.78, 5) is 55.8. The Morgan fingerprint density at radius 3 is 2.23 bits per heavy atom. The van der Waals surface area contributed by atoms with Gasteiger partial charge in [-0.3, -0.25) is 0 Å². The standard InChI is InChI=1S/C14H19BO11P2.C2H6/c1-2-8-5-3-4-6-9(8)14(16)25-12-11(26-28(20,21)22)10(24-13(12)15)7-23-27(17,18)19;1-2/h3-6,10-13H,2,7H2,1H3,(H2,17,18,19)(H2,20,21,22);1-2H3/p-4/t10-,11+,12?,13-;/m1./s1. The van der Waals surface area contributed by atoms with Crippen molar-refractivity contribution >= 4 is 29.5 Å². The predicted molar refractivity (Wildman–Crippen MR) is 96.8 cm³/mol. The van der Waals surface area contributed by atoms with Gasteiger partial charge in [-0.05, 0) is 18.1 Å². The number of hydrogen-bond donors (Lipinski definition) is 0. The van der Waals surface area contributed by atoms with E-state index in [1.165, 1.54) is 6.07 Å². The molecule has 1 aromatic carbocycles. The van der Waals surface area contributed by atoms with Crippen LogP contribution in [0, 0.1) is 0 Å². The second kappa shape index (κ2) is 11.5. The van der Waals surface area contributed by atoms with Gasteiger partial charge in [-0.2, -0.15) is 0 Å². The van der Waals surface area contributed by atoms with E-state index in [4.69, 9.17) is 17.3 Å². The van der Waals surface area contributed by atoms with Gasteiger partial charge in [-0.15, -0.1) is 0 Å². The number of carbonyl (C=O) groups excluding carboxylic acids is 1. The second-order valence-electron chi connectivity index (χ2n) is 5.78. The number of rotatable bonds is 8. The van der Waals surface area contributed by atoms with E-state index >= 15 is 0 Å². The van der Waals surface area contributed by atoms with Crippen LogP contribution in [0.1, 0.15) is 36.7 Å². The van der Waals surface area contributed by atoms with E-state index in [0.29, 0.717) is 12.0 Å². The molecule has 1 aliphatic rings. The Morgan fingerprint density at radius 1 is 1.10 bits per heavy atom. The summed E-state index contributed by atoms with van der Waals surface area (Å²) in [6.07, 6.45) is -4.46. The molecule has 30 heavy (non-hydrogen) atoms. The topological polar surface area (TPSA) is 180 Å². The first-order valence-electron chi connectivity index (χ1n) is 8.98. The lowest BCUT2D eigenvalue weighted by Crippen LogP contribution is -2.42. The summed E-state index contributed by atoms with van der Waals surface area (Å²) in [5.41, 5.74) is 0.806. The molecular weight excluding hydrogens is 441 g/mol. The Labute approximate surface area is 175 Å². The average Bonchev–Trinajstić information content (AvgIpc) is 2.94. The lowest BCUT2D eigenvalue weighted by Gasteiger charge is -2.36. The van der Waals surface area contributed by atoms with Crippen LogP contribution in [0.2, 0.25) is 0 Å². The number of hydrogen-bond acceptors (Lipinski definition) is 11. The van der Waals surface area contributed by atoms with Crippen LogP contribution >= 0.6 is 15.6 Å². The van der Waals surface area contributed by atoms with E-state index in [0.717, 1.165) is 0 Å². The molecule has 0 saturated carbocycles. The fourth-order valence-corrected chi connectivity index (χ4v) is 3.56. The van der Waals surface area contributed by atoms with Gasteiger partial charge in [-0.1, -0.05) is 39.0 Å². The number of ether oxygens (including phenoxy) is 2. The molecule has 1 saturated heterocycles. The van der Waals surface area contributed by atoms with Gasteiger partial charge in [0.15, 0.2) is 0 Å². The van der Waals surface area contributed by atoms with E-state index < -0.39 is 52.5 Å². The Kier molecular flexibility index (Phi) is 10.4. The molecule has 1 aliphatic heterocycles. The molecule has 0 spiro atoms. The molecule has 14 heteroatoms. The van der Waals surface area contributed by atoms with Gasteiger partial charge in [0, 0.05) is 0 Å². The van der Waals surface area contributed by atoms with E-state index in [1.807, 2.05) is 13.8 Å². The molecule has 1 heterocycles. The minimum atomic E-state index is -5.62. The summed E-state index contributed by atoms with van der Waals surface area (Å²) >= 11 is 0. The van der Waals surface area contributed by atoms with E-state index in [-0.39, 0.29) is 5.56 Å². The Morgan fingerprint density at radius 2 is 1.70 bits per heavy atom. The van der Waals surface area contributed by atoms with Crippen molar-refractivity contribution in [3.05, 3.63) is 35.4 Å². The zero-order valence-electron chi connectivity index (χ0n) is 16.5. The van der Waals surface area contributed by atoms with Crippen molar-refractivity contribution in [2.45, 2.75) is 51.5 Å². The summed E-state index contributed by atoms with van der Waals surface area (Å²) < 4.78 is 40.3. The molecule has 1 fully saturated rings. The normalized spacial score (nSPS) is 24.1. The Bertz CT molecular complexity index is 793. The van der Waals surface area contributed by atoms with Crippen LogP contribution in [-0.4, -0.2) is 44.7 Å². The van der Waals surface area contributed by atoms with Gasteiger partial charge in [0.05, 0.1) is 33.8 Å². The summed E-state index contributed by atoms with van der Waals surface area (Å²) in [6.45, 7) is 4.81. The molecule has 168 valence electrons. The van der Waals surface area contributed by atoms with Crippen LogP contribution in [0.25, 0.3) is 0 Å². The molecule has 1 unspecified atom stereocenters. The highest BCUT2D eigenvalue weighted by Gasteiger charge is 2.46. The molecule has 0 aliphatic carbocycles. The summed E-state index contributed by atoms with van der Waals surface area (Å²) in [6, 6.07) is 4.95. The quantitative estimate of drug-likeness (QED) is 0.256. The number of benzene rings is 1. The number of aryl methyl sites for hydroxylation is 1. The fraction of sp³-hybridized carbons (Fsp3) is 0.562. The van der Waals surface area contributed by atoms with Crippen LogP contribution in [0.3, 0.4) is 0 Å². The number of phosphoric ester groups is 2. The van der Waals surface area contributed by atoms with Crippen LogP contribution in [-0.2, 0) is 34.1 Å². The van der Waals surface area contributed by atoms with Gasteiger partial charge in [-0.25, -0.2) is 4.79 Å². The van der Waals surface area contributed by atoms with Crippen molar-refractivity contribution in [3.63, 3.8) is 0 Å². The third kappa shape index (κ3) is 8.22. The summed E-state index contributed by atoms with van der Waals surface area (Å²) in [5, 5.41) is 0. The zero-order chi connectivity index (χ0) is 23.1. The molecule has 2 rings (SSSR count). The molecule has 4 atom stereocenters. The van der Waals surface area contributed by atoms with Crippen LogP contribution in [0.15, 0.2) is 24.3 Å². The largest absolute Gasteiger partial charge is 0.790 e. The van der Waals surface area contributed by atoms with Crippen molar-refractivity contribution in [2.24, 2.45) is 0 Å². The first-order chi connectivity index (χ1) is 13.9. The van der Waals surface area contributed by atoms with Crippen LogP contribution < -0.4 is 19.6 Å². The number of esters is 1. The SMILES string of the molecule is CC.[B][C@@H]1O[C@H](COP(=O)([O-])[O-])[C@H](OP(=O)([O-])[O-])C1OC(=O)c1ccccc1CC. The predicted octanol–water partition coefficient (Wildman–Crippen LogP) is -1.25. The molecule has 0 aromatic heterocycles. The molecule has 11 nitrogen and oxygen atoms in total. The molecule has 0 N–H and O–H groups in total. The minimum Gasteiger partial charge on any atom is -0.790 e. The van der Waals surface area contributed by atoms with E-state index in [2.05, 4.69) is 9.05 Å². The first-order valence-corrected chi connectivity index (χ1v) is 11.9. The maximum absolute atomic E-state index is 12.5. The Hall–Kier alpha value is -1.07. The Balaban J connectivity index is 0.00000218. The van der Waals surface area contributed by atoms with Crippen LogP contribution in [0.4, 0.5) is 0 Å². The average molecular weight is 462 g/mol. The highest BCUT2D eigenvalue weighted by Crippen LogP contribution is 2.38. The monoisotopic (exact) mass is 462 g/mol. The van der Waals surface area contributed by atoms with Gasteiger partial charge < -0.3 is 47.2 Å². The third-order valence-corrected chi connectivity index (χ3v) is 4.82. The van der Waals surface area contributed by atoms with E-state index in [9.17, 15) is 33.5 Å². The van der Waals surface area contributed by atoms with Gasteiger partial charge in [0.25, 0.3) is 0 Å². The highest BCUT2D eigenvalue weighted by molar-refractivity contribution is 7.43.